The largest absolute Gasteiger partial charge is 0.382 e. The van der Waals surface area contributed by atoms with Gasteiger partial charge < -0.3 is 15.2 Å². The average Bonchev–Trinajstić information content (AvgIpc) is 3.30. The molecule has 174 valence electrons. The van der Waals surface area contributed by atoms with Crippen molar-refractivity contribution in [1.82, 2.24) is 28.9 Å². The summed E-state index contributed by atoms with van der Waals surface area (Å²) in [7, 11) is -1.34. The van der Waals surface area contributed by atoms with Gasteiger partial charge in [-0.3, -0.25) is 14.6 Å². The molecular weight excluding hydrogens is 432 g/mol. The van der Waals surface area contributed by atoms with Gasteiger partial charge in [-0.2, -0.15) is 14.5 Å². The predicted molar refractivity (Wildman–Crippen MR) is 125 cm³/mol. The van der Waals surface area contributed by atoms with Gasteiger partial charge in [0.25, 0.3) is 5.56 Å². The molecular formula is C20H30N8O3S. The van der Waals surface area contributed by atoms with Crippen molar-refractivity contribution in [3.05, 3.63) is 22.6 Å². The lowest BCUT2D eigenvalue weighted by atomic mass is 10.0. The number of hydrogen-bond acceptors (Lipinski definition) is 7. The molecule has 1 atom stereocenters. The third-order valence-electron chi connectivity index (χ3n) is 6.35. The highest BCUT2D eigenvalue weighted by Crippen LogP contribution is 2.31. The van der Waals surface area contributed by atoms with E-state index in [4.69, 9.17) is 10.8 Å². The van der Waals surface area contributed by atoms with Crippen LogP contribution in [-0.2, 0) is 17.1 Å². The van der Waals surface area contributed by atoms with Crippen LogP contribution in [0.1, 0.15) is 26.8 Å². The van der Waals surface area contributed by atoms with Crippen molar-refractivity contribution in [2.45, 2.75) is 26.8 Å². The van der Waals surface area contributed by atoms with E-state index in [0.29, 0.717) is 42.8 Å². The number of nitrogen functional groups attached to an aromatic ring is 1. The van der Waals surface area contributed by atoms with Crippen LogP contribution < -0.4 is 16.2 Å². The normalized spacial score (nSPS) is 16.9. The number of nitrogens with two attached hydrogens (primary N) is 1. The number of anilines is 2. The SMILES string of the molecule is CC(C)[C@H](C)n1cc(-c2cc(N3CCN(S(C)(=O)=O)CC3)n(C)n2)c2[nH]nc(N)c2c1=O. The van der Waals surface area contributed by atoms with Gasteiger partial charge in [0.15, 0.2) is 5.82 Å². The number of pyridine rings is 1. The first kappa shape index (κ1) is 22.3. The van der Waals surface area contributed by atoms with E-state index in [9.17, 15) is 13.2 Å². The van der Waals surface area contributed by atoms with Gasteiger partial charge in [-0.15, -0.1) is 0 Å². The molecule has 3 aromatic rings. The van der Waals surface area contributed by atoms with Gasteiger partial charge in [0.2, 0.25) is 10.0 Å². The van der Waals surface area contributed by atoms with Crippen molar-refractivity contribution in [1.29, 1.82) is 0 Å². The zero-order chi connectivity index (χ0) is 23.4. The zero-order valence-electron chi connectivity index (χ0n) is 19.0. The number of piperazine rings is 1. The first-order valence-electron chi connectivity index (χ1n) is 10.6. The number of rotatable bonds is 5. The van der Waals surface area contributed by atoms with Crippen molar-refractivity contribution in [3.8, 4) is 11.3 Å². The fraction of sp³-hybridized carbons (Fsp3) is 0.550. The van der Waals surface area contributed by atoms with E-state index in [1.807, 2.05) is 26.2 Å². The van der Waals surface area contributed by atoms with E-state index in [1.54, 1.807) is 9.25 Å². The summed E-state index contributed by atoms with van der Waals surface area (Å²) in [6.07, 6.45) is 3.06. The molecule has 0 aromatic carbocycles. The van der Waals surface area contributed by atoms with Crippen LogP contribution in [0.5, 0.6) is 0 Å². The Morgan fingerprint density at radius 2 is 1.81 bits per heavy atom. The molecule has 0 radical (unpaired) electrons. The highest BCUT2D eigenvalue weighted by molar-refractivity contribution is 7.88. The van der Waals surface area contributed by atoms with Crippen LogP contribution in [0.3, 0.4) is 0 Å². The number of nitrogens with zero attached hydrogens (tertiary/aromatic N) is 6. The quantitative estimate of drug-likeness (QED) is 0.577. The second-order valence-electron chi connectivity index (χ2n) is 8.76. The molecule has 0 unspecified atom stereocenters. The maximum atomic E-state index is 13.1. The third kappa shape index (κ3) is 3.77. The van der Waals surface area contributed by atoms with Crippen molar-refractivity contribution < 1.29 is 8.42 Å². The number of fused-ring (bicyclic) bond motifs is 1. The maximum absolute atomic E-state index is 13.1. The number of aryl methyl sites for hydroxylation is 1. The number of nitrogens with one attached hydrogen (secondary N) is 1. The summed E-state index contributed by atoms with van der Waals surface area (Å²) >= 11 is 0. The van der Waals surface area contributed by atoms with Gasteiger partial charge in [0, 0.05) is 57.1 Å². The van der Waals surface area contributed by atoms with Gasteiger partial charge >= 0.3 is 0 Å². The van der Waals surface area contributed by atoms with Gasteiger partial charge in [0.1, 0.15) is 11.2 Å². The van der Waals surface area contributed by atoms with E-state index in [2.05, 4.69) is 28.9 Å². The summed E-state index contributed by atoms with van der Waals surface area (Å²) in [4.78, 5) is 15.2. The fourth-order valence-corrected chi connectivity index (χ4v) is 4.94. The monoisotopic (exact) mass is 462 g/mol. The molecule has 12 heteroatoms. The molecule has 0 bridgehead atoms. The van der Waals surface area contributed by atoms with Gasteiger partial charge in [0.05, 0.1) is 17.5 Å². The van der Waals surface area contributed by atoms with Crippen molar-refractivity contribution in [2.75, 3.05) is 43.1 Å². The number of H-pyrrole nitrogens is 1. The number of aromatic amines is 1. The van der Waals surface area contributed by atoms with Crippen molar-refractivity contribution in [2.24, 2.45) is 13.0 Å². The van der Waals surface area contributed by atoms with Crippen molar-refractivity contribution in [3.63, 3.8) is 0 Å². The lowest BCUT2D eigenvalue weighted by Gasteiger charge is -2.34. The highest BCUT2D eigenvalue weighted by atomic mass is 32.2. The molecule has 1 fully saturated rings. The third-order valence-corrected chi connectivity index (χ3v) is 7.65. The van der Waals surface area contributed by atoms with Crippen molar-refractivity contribution >= 4 is 32.6 Å². The Labute approximate surface area is 186 Å². The minimum atomic E-state index is -3.20. The highest BCUT2D eigenvalue weighted by Gasteiger charge is 2.26. The van der Waals surface area contributed by atoms with Crippen LogP contribution >= 0.6 is 0 Å². The number of aromatic nitrogens is 5. The summed E-state index contributed by atoms with van der Waals surface area (Å²) in [5, 5.41) is 12.0. The Morgan fingerprint density at radius 3 is 2.41 bits per heavy atom. The lowest BCUT2D eigenvalue weighted by molar-refractivity contribution is 0.385. The standard InChI is InChI=1S/C20H30N8O3S/c1-12(2)13(3)28-11-14(18-17(20(28)29)19(21)23-22-18)15-10-16(25(4)24-15)26-6-8-27(9-7-26)32(5,30)31/h10-13H,6-9H2,1-5H3,(H3,21,22,23)/t13-/m0/s1. The Balaban J connectivity index is 1.76. The molecule has 1 aliphatic heterocycles. The lowest BCUT2D eigenvalue weighted by Crippen LogP contribution is -2.48. The average molecular weight is 463 g/mol. The summed E-state index contributed by atoms with van der Waals surface area (Å²) in [5.41, 5.74) is 7.84. The second kappa shape index (κ2) is 7.93. The molecule has 32 heavy (non-hydrogen) atoms. The zero-order valence-corrected chi connectivity index (χ0v) is 19.8. The molecule has 0 spiro atoms. The minimum Gasteiger partial charge on any atom is -0.382 e. The Morgan fingerprint density at radius 1 is 1.16 bits per heavy atom. The summed E-state index contributed by atoms with van der Waals surface area (Å²) < 4.78 is 28.6. The molecule has 0 amide bonds. The molecule has 1 saturated heterocycles. The van der Waals surface area contributed by atoms with E-state index < -0.39 is 10.0 Å². The molecule has 4 heterocycles. The Hall–Kier alpha value is -2.86. The summed E-state index contributed by atoms with van der Waals surface area (Å²) in [6, 6.07) is 1.92. The van der Waals surface area contributed by atoms with Crippen LogP contribution in [0, 0.1) is 5.92 Å². The van der Waals surface area contributed by atoms with E-state index in [1.165, 1.54) is 10.6 Å². The maximum Gasteiger partial charge on any atom is 0.264 e. The fourth-order valence-electron chi connectivity index (χ4n) is 4.11. The molecule has 4 rings (SSSR count). The Bertz CT molecular complexity index is 1310. The van der Waals surface area contributed by atoms with Gasteiger partial charge in [-0.05, 0) is 12.8 Å². The number of hydrogen-bond donors (Lipinski definition) is 2. The molecule has 0 aliphatic carbocycles. The molecule has 0 saturated carbocycles. The van der Waals surface area contributed by atoms with E-state index in [-0.39, 0.29) is 23.3 Å². The summed E-state index contributed by atoms with van der Waals surface area (Å²) in [6.45, 7) is 8.13. The van der Waals surface area contributed by atoms with Gasteiger partial charge in [-0.25, -0.2) is 8.42 Å². The topological polar surface area (TPSA) is 135 Å². The predicted octanol–water partition coefficient (Wildman–Crippen LogP) is 1.01. The molecule has 3 aromatic heterocycles. The Kier molecular flexibility index (Phi) is 5.53. The molecule has 1 aliphatic rings. The first-order valence-corrected chi connectivity index (χ1v) is 12.5. The van der Waals surface area contributed by atoms with Crippen LogP contribution in [0.25, 0.3) is 22.2 Å². The van der Waals surface area contributed by atoms with Crippen LogP contribution in [0.2, 0.25) is 0 Å². The first-order chi connectivity index (χ1) is 15.0. The van der Waals surface area contributed by atoms with Crippen LogP contribution in [0.4, 0.5) is 11.6 Å². The summed E-state index contributed by atoms with van der Waals surface area (Å²) in [5.74, 6) is 1.30. The van der Waals surface area contributed by atoms with Gasteiger partial charge in [-0.1, -0.05) is 13.8 Å². The minimum absolute atomic E-state index is 0.0350. The van der Waals surface area contributed by atoms with Crippen LogP contribution in [0.15, 0.2) is 17.1 Å². The van der Waals surface area contributed by atoms with E-state index in [0.717, 1.165) is 11.4 Å². The number of sulfonamides is 1. The second-order valence-corrected chi connectivity index (χ2v) is 10.7. The van der Waals surface area contributed by atoms with Crippen LogP contribution in [-0.4, -0.2) is 69.7 Å². The molecule has 11 nitrogen and oxygen atoms in total. The smallest absolute Gasteiger partial charge is 0.264 e. The van der Waals surface area contributed by atoms with E-state index >= 15 is 0 Å². The molecule has 3 N–H and O–H groups in total.